The molecule has 39 heavy (non-hydrogen) atoms. The summed E-state index contributed by atoms with van der Waals surface area (Å²) in [5, 5.41) is 13.8. The predicted molar refractivity (Wildman–Crippen MR) is 154 cm³/mol. The molecule has 4 rings (SSSR count). The fourth-order valence-electron chi connectivity index (χ4n) is 6.64. The Labute approximate surface area is 233 Å². The summed E-state index contributed by atoms with van der Waals surface area (Å²) in [4.78, 5) is 29.6. The molecule has 212 valence electrons. The molecule has 2 aliphatic rings. The van der Waals surface area contributed by atoms with E-state index in [-0.39, 0.29) is 40.7 Å². The second kappa shape index (κ2) is 11.4. The number of nitrogens with zero attached hydrogens (tertiary/aromatic N) is 1. The fourth-order valence-corrected chi connectivity index (χ4v) is 6.64. The number of aliphatic hydroxyl groups is 1. The average molecular weight is 537 g/mol. The minimum Gasteiger partial charge on any atom is -0.390 e. The molecule has 1 aliphatic carbocycles. The first-order chi connectivity index (χ1) is 18.3. The summed E-state index contributed by atoms with van der Waals surface area (Å²) in [7, 11) is 0. The highest BCUT2D eigenvalue weighted by atomic mass is 19.1. The van der Waals surface area contributed by atoms with Crippen LogP contribution < -0.4 is 5.32 Å². The van der Waals surface area contributed by atoms with Crippen molar-refractivity contribution in [1.29, 1.82) is 0 Å². The van der Waals surface area contributed by atoms with E-state index in [4.69, 9.17) is 0 Å². The normalized spacial score (nSPS) is 24.4. The molecule has 2 aromatic carbocycles. The van der Waals surface area contributed by atoms with Gasteiger partial charge in [-0.15, -0.1) is 0 Å². The topological polar surface area (TPSA) is 69.6 Å². The van der Waals surface area contributed by atoms with Crippen molar-refractivity contribution in [3.05, 3.63) is 65.0 Å². The van der Waals surface area contributed by atoms with E-state index in [1.165, 1.54) is 6.07 Å². The van der Waals surface area contributed by atoms with E-state index in [9.17, 15) is 19.1 Å². The second-order valence-corrected chi connectivity index (χ2v) is 13.3. The van der Waals surface area contributed by atoms with E-state index in [0.717, 1.165) is 36.9 Å². The number of hydrogen-bond acceptors (Lipinski definition) is 3. The van der Waals surface area contributed by atoms with Gasteiger partial charge in [-0.25, -0.2) is 4.39 Å². The molecule has 0 spiro atoms. The van der Waals surface area contributed by atoms with Gasteiger partial charge >= 0.3 is 0 Å². The molecular weight excluding hydrogens is 491 g/mol. The standard InChI is InChI=1S/C33H45FN2O3/c1-21-10-7-14-27(34)28(21)31(38)36-19-9-13-26(29(36)22-15-17-23(18-16-22)33(5,6)39)30(37)35-25-12-8-11-24(20-25)32(2,3)4/h7-8,10-12,14,20,22-23,26,29,39H,9,13,15-19H2,1-6H3,(H,35,37)/t22?,23?,26-,29-/m0/s1. The summed E-state index contributed by atoms with van der Waals surface area (Å²) in [6.45, 7) is 12.4. The van der Waals surface area contributed by atoms with Crippen molar-refractivity contribution in [2.45, 2.75) is 97.1 Å². The van der Waals surface area contributed by atoms with E-state index in [1.54, 1.807) is 24.0 Å². The number of amides is 2. The lowest BCUT2D eigenvalue weighted by Gasteiger charge is -2.47. The van der Waals surface area contributed by atoms with Gasteiger partial charge in [-0.05, 0) is 106 Å². The van der Waals surface area contributed by atoms with Gasteiger partial charge in [0.1, 0.15) is 5.82 Å². The highest BCUT2D eigenvalue weighted by Crippen LogP contribution is 2.42. The zero-order chi connectivity index (χ0) is 28.5. The van der Waals surface area contributed by atoms with Crippen LogP contribution in [0.2, 0.25) is 0 Å². The van der Waals surface area contributed by atoms with Gasteiger partial charge in [0, 0.05) is 18.3 Å². The number of benzene rings is 2. The largest absolute Gasteiger partial charge is 0.390 e. The van der Waals surface area contributed by atoms with E-state index >= 15 is 0 Å². The van der Waals surface area contributed by atoms with Crippen molar-refractivity contribution < 1.29 is 19.1 Å². The molecule has 2 N–H and O–H groups in total. The molecule has 1 heterocycles. The number of aryl methyl sites for hydroxylation is 1. The third-order valence-electron chi connectivity index (χ3n) is 8.97. The summed E-state index contributed by atoms with van der Waals surface area (Å²) in [6, 6.07) is 12.4. The number of anilines is 1. The van der Waals surface area contributed by atoms with E-state index in [1.807, 2.05) is 32.0 Å². The molecule has 0 radical (unpaired) electrons. The maximum absolute atomic E-state index is 14.9. The lowest BCUT2D eigenvalue weighted by molar-refractivity contribution is -0.124. The van der Waals surface area contributed by atoms with Crippen molar-refractivity contribution in [1.82, 2.24) is 4.90 Å². The van der Waals surface area contributed by atoms with Gasteiger partial charge < -0.3 is 15.3 Å². The third kappa shape index (κ3) is 6.54. The quantitative estimate of drug-likeness (QED) is 0.438. The highest BCUT2D eigenvalue weighted by Gasteiger charge is 2.45. The van der Waals surface area contributed by atoms with Crippen LogP contribution in [-0.2, 0) is 10.2 Å². The Bertz CT molecular complexity index is 1170. The van der Waals surface area contributed by atoms with Gasteiger partial charge in [0.25, 0.3) is 5.91 Å². The first kappa shape index (κ1) is 29.3. The minimum absolute atomic E-state index is 0.0476. The van der Waals surface area contributed by atoms with Crippen molar-refractivity contribution in [2.24, 2.45) is 17.8 Å². The molecule has 2 aromatic rings. The minimum atomic E-state index is -0.758. The van der Waals surface area contributed by atoms with Crippen molar-refractivity contribution in [3.8, 4) is 0 Å². The van der Waals surface area contributed by atoms with Crippen LogP contribution in [0.25, 0.3) is 0 Å². The Morgan fingerprint density at radius 3 is 2.26 bits per heavy atom. The lowest BCUT2D eigenvalue weighted by Crippen LogP contribution is -2.56. The van der Waals surface area contributed by atoms with Crippen LogP contribution in [0.4, 0.5) is 10.1 Å². The molecule has 2 atom stereocenters. The van der Waals surface area contributed by atoms with Gasteiger partial charge in [0.15, 0.2) is 0 Å². The number of likely N-dealkylation sites (tertiary alicyclic amines) is 1. The Morgan fingerprint density at radius 1 is 0.974 bits per heavy atom. The lowest BCUT2D eigenvalue weighted by atomic mass is 9.69. The Balaban J connectivity index is 1.65. The first-order valence-corrected chi connectivity index (χ1v) is 14.5. The Morgan fingerprint density at radius 2 is 1.64 bits per heavy atom. The molecular formula is C33H45FN2O3. The fraction of sp³-hybridized carbons (Fsp3) is 0.576. The summed E-state index contributed by atoms with van der Waals surface area (Å²) in [5.74, 6) is -1.03. The molecule has 1 saturated carbocycles. The van der Waals surface area contributed by atoms with E-state index in [2.05, 4.69) is 32.2 Å². The maximum atomic E-state index is 14.9. The number of rotatable bonds is 5. The summed E-state index contributed by atoms with van der Waals surface area (Å²) in [6.07, 6.45) is 4.70. The van der Waals surface area contributed by atoms with Crippen LogP contribution in [0, 0.1) is 30.5 Å². The number of piperidine rings is 1. The highest BCUT2D eigenvalue weighted by molar-refractivity contribution is 5.98. The van der Waals surface area contributed by atoms with Crippen LogP contribution in [-0.4, -0.2) is 40.0 Å². The predicted octanol–water partition coefficient (Wildman–Crippen LogP) is 6.87. The van der Waals surface area contributed by atoms with Gasteiger partial charge in [0.2, 0.25) is 5.91 Å². The number of nitrogens with one attached hydrogen (secondary N) is 1. The molecule has 0 aromatic heterocycles. The van der Waals surface area contributed by atoms with Gasteiger partial charge in [-0.1, -0.05) is 45.0 Å². The molecule has 1 aliphatic heterocycles. The number of halogens is 1. The van der Waals surface area contributed by atoms with Crippen molar-refractivity contribution in [3.63, 3.8) is 0 Å². The zero-order valence-electron chi connectivity index (χ0n) is 24.4. The Kier molecular flexibility index (Phi) is 8.55. The van der Waals surface area contributed by atoms with Crippen molar-refractivity contribution >= 4 is 17.5 Å². The van der Waals surface area contributed by atoms with Crippen LogP contribution in [0.5, 0.6) is 0 Å². The number of carbonyl (C=O) groups excluding carboxylic acids is 2. The van der Waals surface area contributed by atoms with E-state index in [0.29, 0.717) is 24.9 Å². The summed E-state index contributed by atoms with van der Waals surface area (Å²) in [5.41, 5.74) is 1.80. The second-order valence-electron chi connectivity index (χ2n) is 13.3. The molecule has 2 amide bonds. The number of carbonyl (C=O) groups is 2. The molecule has 6 heteroatoms. The summed E-state index contributed by atoms with van der Waals surface area (Å²) < 4.78 is 14.9. The molecule has 1 saturated heterocycles. The smallest absolute Gasteiger partial charge is 0.257 e. The Hall–Kier alpha value is -2.73. The van der Waals surface area contributed by atoms with E-state index < -0.39 is 17.3 Å². The van der Waals surface area contributed by atoms with Crippen molar-refractivity contribution in [2.75, 3.05) is 11.9 Å². The molecule has 0 unspecified atom stereocenters. The van der Waals surface area contributed by atoms with Crippen LogP contribution in [0.15, 0.2) is 42.5 Å². The summed E-state index contributed by atoms with van der Waals surface area (Å²) >= 11 is 0. The molecule has 0 bridgehead atoms. The molecule has 5 nitrogen and oxygen atoms in total. The SMILES string of the molecule is Cc1cccc(F)c1C(=O)N1CCC[C@H](C(=O)Nc2cccc(C(C)(C)C)c2)[C@@H]1C1CCC(C(C)(C)O)CC1. The monoisotopic (exact) mass is 536 g/mol. The van der Waals surface area contributed by atoms with Crippen LogP contribution in [0.1, 0.15) is 94.6 Å². The zero-order valence-corrected chi connectivity index (χ0v) is 24.4. The molecule has 2 fully saturated rings. The average Bonchev–Trinajstić information content (AvgIpc) is 2.87. The number of hydrogen-bond donors (Lipinski definition) is 2. The first-order valence-electron chi connectivity index (χ1n) is 14.5. The maximum Gasteiger partial charge on any atom is 0.257 e. The van der Waals surface area contributed by atoms with Crippen LogP contribution in [0.3, 0.4) is 0 Å². The van der Waals surface area contributed by atoms with Crippen LogP contribution >= 0.6 is 0 Å². The van der Waals surface area contributed by atoms with Gasteiger partial charge in [-0.3, -0.25) is 9.59 Å². The van der Waals surface area contributed by atoms with Gasteiger partial charge in [0.05, 0.1) is 17.1 Å². The third-order valence-corrected chi connectivity index (χ3v) is 8.97. The van der Waals surface area contributed by atoms with Gasteiger partial charge in [-0.2, -0.15) is 0 Å².